The molecule has 1 aliphatic heterocycles. The molecule has 0 aliphatic carbocycles. The Labute approximate surface area is 113 Å². The predicted molar refractivity (Wildman–Crippen MR) is 72.8 cm³/mol. The number of carboxylic acids is 1. The summed E-state index contributed by atoms with van der Waals surface area (Å²) in [6.45, 7) is 3.20. The lowest BCUT2D eigenvalue weighted by Crippen LogP contribution is -2.52. The average molecular weight is 263 g/mol. The van der Waals surface area contributed by atoms with Gasteiger partial charge in [0.05, 0.1) is 6.61 Å². The summed E-state index contributed by atoms with van der Waals surface area (Å²) < 4.78 is 0. The Kier molecular flexibility index (Phi) is 4.22. The first kappa shape index (κ1) is 14.0. The van der Waals surface area contributed by atoms with Crippen LogP contribution in [0.1, 0.15) is 37.3 Å². The minimum Gasteiger partial charge on any atom is -0.480 e. The van der Waals surface area contributed by atoms with Crippen LogP contribution in [0, 0.1) is 0 Å². The van der Waals surface area contributed by atoms with E-state index in [0.29, 0.717) is 11.1 Å². The maximum absolute atomic E-state index is 11.9. The molecular weight excluding hydrogens is 242 g/mol. The molecule has 1 heterocycles. The third kappa shape index (κ3) is 2.51. The van der Waals surface area contributed by atoms with Crippen molar-refractivity contribution in [2.45, 2.75) is 38.3 Å². The number of aliphatic carboxylic acids is 1. The number of likely N-dealkylation sites (tertiary alicyclic amines) is 1. The van der Waals surface area contributed by atoms with Crippen LogP contribution in [0.2, 0.25) is 0 Å². The lowest BCUT2D eigenvalue weighted by Gasteiger charge is -2.41. The molecule has 1 fully saturated rings. The molecule has 1 saturated heterocycles. The molecule has 0 spiro atoms. The zero-order valence-electron chi connectivity index (χ0n) is 11.3. The van der Waals surface area contributed by atoms with Crippen LogP contribution in [-0.2, 0) is 16.9 Å². The van der Waals surface area contributed by atoms with Crippen molar-refractivity contribution in [1.82, 2.24) is 4.90 Å². The summed E-state index contributed by atoms with van der Waals surface area (Å²) in [5.41, 5.74) is 0.338. The molecular formula is C15H21NO3. The van der Waals surface area contributed by atoms with Gasteiger partial charge in [0, 0.05) is 0 Å². The summed E-state index contributed by atoms with van der Waals surface area (Å²) in [5, 5.41) is 19.2. The number of nitrogens with zero attached hydrogens (tertiary/aromatic N) is 1. The number of hydrogen-bond acceptors (Lipinski definition) is 3. The number of aliphatic hydroxyl groups is 1. The smallest absolute Gasteiger partial charge is 0.328 e. The standard InChI is InChI=1S/C15H21NO3/c1-15(14(18)19,16-9-5-2-6-10-16)13-8-4-3-7-12(13)11-17/h3-4,7-8,17H,2,5-6,9-11H2,1H3,(H,18,19). The largest absolute Gasteiger partial charge is 0.480 e. The first-order valence-corrected chi connectivity index (χ1v) is 6.78. The molecule has 2 N–H and O–H groups in total. The number of hydrogen-bond donors (Lipinski definition) is 2. The van der Waals surface area contributed by atoms with Crippen LogP contribution in [0.15, 0.2) is 24.3 Å². The fraction of sp³-hybridized carbons (Fsp3) is 0.533. The Bertz CT molecular complexity index is 454. The van der Waals surface area contributed by atoms with Gasteiger partial charge in [-0.05, 0) is 44.0 Å². The highest BCUT2D eigenvalue weighted by atomic mass is 16.4. The summed E-state index contributed by atoms with van der Waals surface area (Å²) in [4.78, 5) is 13.9. The van der Waals surface area contributed by atoms with E-state index in [4.69, 9.17) is 0 Å². The number of benzene rings is 1. The van der Waals surface area contributed by atoms with Gasteiger partial charge in [-0.15, -0.1) is 0 Å². The number of piperidine rings is 1. The van der Waals surface area contributed by atoms with Crippen molar-refractivity contribution in [3.05, 3.63) is 35.4 Å². The van der Waals surface area contributed by atoms with Crippen molar-refractivity contribution in [3.8, 4) is 0 Å². The topological polar surface area (TPSA) is 60.8 Å². The van der Waals surface area contributed by atoms with Gasteiger partial charge in [0.25, 0.3) is 0 Å². The Morgan fingerprint density at radius 1 is 1.26 bits per heavy atom. The predicted octanol–water partition coefficient (Wildman–Crippen LogP) is 1.96. The molecule has 1 aromatic carbocycles. The minimum absolute atomic E-state index is 0.132. The molecule has 1 aromatic rings. The molecule has 0 bridgehead atoms. The Morgan fingerprint density at radius 3 is 2.47 bits per heavy atom. The van der Waals surface area contributed by atoms with Gasteiger partial charge in [-0.2, -0.15) is 0 Å². The highest BCUT2D eigenvalue weighted by Crippen LogP contribution is 2.33. The minimum atomic E-state index is -1.06. The van der Waals surface area contributed by atoms with Crippen LogP contribution in [0.4, 0.5) is 0 Å². The first-order chi connectivity index (χ1) is 9.10. The van der Waals surface area contributed by atoms with Crippen molar-refractivity contribution in [3.63, 3.8) is 0 Å². The second-order valence-corrected chi connectivity index (χ2v) is 5.24. The molecule has 0 amide bonds. The van der Waals surface area contributed by atoms with Gasteiger partial charge in [0.1, 0.15) is 5.54 Å². The van der Waals surface area contributed by atoms with E-state index in [1.165, 1.54) is 0 Å². The van der Waals surface area contributed by atoms with Crippen molar-refractivity contribution in [2.75, 3.05) is 13.1 Å². The summed E-state index contributed by atoms with van der Waals surface area (Å²) in [6, 6.07) is 7.27. The van der Waals surface area contributed by atoms with Crippen LogP contribution >= 0.6 is 0 Å². The lowest BCUT2D eigenvalue weighted by atomic mass is 9.85. The summed E-state index contributed by atoms with van der Waals surface area (Å²) >= 11 is 0. The molecule has 1 unspecified atom stereocenters. The van der Waals surface area contributed by atoms with Crippen molar-refractivity contribution < 1.29 is 15.0 Å². The molecule has 0 aromatic heterocycles. The van der Waals surface area contributed by atoms with Gasteiger partial charge in [-0.1, -0.05) is 30.7 Å². The molecule has 2 rings (SSSR count). The zero-order chi connectivity index (χ0) is 13.9. The van der Waals surface area contributed by atoms with Crippen molar-refractivity contribution in [2.24, 2.45) is 0 Å². The van der Waals surface area contributed by atoms with Gasteiger partial charge < -0.3 is 10.2 Å². The van der Waals surface area contributed by atoms with E-state index in [0.717, 1.165) is 32.4 Å². The summed E-state index contributed by atoms with van der Waals surface area (Å²) in [7, 11) is 0. The van der Waals surface area contributed by atoms with Crippen molar-refractivity contribution in [1.29, 1.82) is 0 Å². The quantitative estimate of drug-likeness (QED) is 0.872. The van der Waals surface area contributed by atoms with Crippen LogP contribution < -0.4 is 0 Å². The number of carboxylic acid groups (broad SMARTS) is 1. The zero-order valence-corrected chi connectivity index (χ0v) is 11.3. The van der Waals surface area contributed by atoms with E-state index in [1.54, 1.807) is 13.0 Å². The maximum atomic E-state index is 11.9. The van der Waals surface area contributed by atoms with Crippen LogP contribution in [0.25, 0.3) is 0 Å². The molecule has 1 aliphatic rings. The highest BCUT2D eigenvalue weighted by molar-refractivity contribution is 5.81. The van der Waals surface area contributed by atoms with E-state index in [2.05, 4.69) is 0 Å². The molecule has 4 heteroatoms. The van der Waals surface area contributed by atoms with Gasteiger partial charge >= 0.3 is 5.97 Å². The molecule has 19 heavy (non-hydrogen) atoms. The average Bonchev–Trinajstić information content (AvgIpc) is 2.47. The van der Waals surface area contributed by atoms with Crippen LogP contribution in [0.5, 0.6) is 0 Å². The van der Waals surface area contributed by atoms with E-state index in [-0.39, 0.29) is 6.61 Å². The number of rotatable bonds is 4. The Morgan fingerprint density at radius 2 is 1.89 bits per heavy atom. The van der Waals surface area contributed by atoms with Crippen molar-refractivity contribution >= 4 is 5.97 Å². The number of aliphatic hydroxyl groups excluding tert-OH is 1. The van der Waals surface area contributed by atoms with Gasteiger partial charge in [-0.25, -0.2) is 4.79 Å². The monoisotopic (exact) mass is 263 g/mol. The molecule has 0 saturated carbocycles. The SMILES string of the molecule is CC(C(=O)O)(c1ccccc1CO)N1CCCCC1. The Hall–Kier alpha value is -1.39. The second-order valence-electron chi connectivity index (χ2n) is 5.24. The van der Waals surface area contributed by atoms with E-state index in [1.807, 2.05) is 23.1 Å². The van der Waals surface area contributed by atoms with Crippen LogP contribution in [-0.4, -0.2) is 34.2 Å². The van der Waals surface area contributed by atoms with Gasteiger partial charge in [-0.3, -0.25) is 4.90 Å². The maximum Gasteiger partial charge on any atom is 0.328 e. The summed E-state index contributed by atoms with van der Waals surface area (Å²) in [5.74, 6) is -0.852. The fourth-order valence-electron chi connectivity index (χ4n) is 2.90. The fourth-order valence-corrected chi connectivity index (χ4v) is 2.90. The van der Waals surface area contributed by atoms with E-state index >= 15 is 0 Å². The van der Waals surface area contributed by atoms with Gasteiger partial charge in [0.2, 0.25) is 0 Å². The lowest BCUT2D eigenvalue weighted by molar-refractivity contribution is -0.152. The summed E-state index contributed by atoms with van der Waals surface area (Å²) in [6.07, 6.45) is 3.22. The first-order valence-electron chi connectivity index (χ1n) is 6.78. The van der Waals surface area contributed by atoms with Gasteiger partial charge in [0.15, 0.2) is 0 Å². The third-order valence-electron chi connectivity index (χ3n) is 4.12. The highest BCUT2D eigenvalue weighted by Gasteiger charge is 2.42. The number of carbonyl (C=O) groups is 1. The Balaban J connectivity index is 2.46. The molecule has 1 atom stereocenters. The second kappa shape index (κ2) is 5.72. The normalized spacial score (nSPS) is 19.9. The molecule has 0 radical (unpaired) electrons. The third-order valence-corrected chi connectivity index (χ3v) is 4.12. The molecule has 104 valence electrons. The van der Waals surface area contributed by atoms with Crippen LogP contribution in [0.3, 0.4) is 0 Å². The van der Waals surface area contributed by atoms with E-state index in [9.17, 15) is 15.0 Å². The molecule has 4 nitrogen and oxygen atoms in total. The van der Waals surface area contributed by atoms with E-state index < -0.39 is 11.5 Å².